The molecule has 1 aromatic rings. The number of aryl methyl sites for hydroxylation is 1. The van der Waals surface area contributed by atoms with E-state index in [4.69, 9.17) is 5.73 Å². The zero-order valence-corrected chi connectivity index (χ0v) is 11.1. The highest BCUT2D eigenvalue weighted by Gasteiger charge is 2.10. The predicted octanol–water partition coefficient (Wildman–Crippen LogP) is 2.40. The Morgan fingerprint density at radius 2 is 1.87 bits per heavy atom. The molecule has 1 unspecified atom stereocenters. The number of hydrogen-bond donors (Lipinski definition) is 1. The molecule has 0 fully saturated rings. The fourth-order valence-corrected chi connectivity index (χ4v) is 1.52. The Bertz CT molecular complexity index is 277. The lowest BCUT2D eigenvalue weighted by molar-refractivity contribution is 0.306. The molecule has 0 bridgehead atoms. The zero-order chi connectivity index (χ0) is 9.84. The van der Waals surface area contributed by atoms with E-state index in [-0.39, 0.29) is 24.8 Å². The van der Waals surface area contributed by atoms with E-state index >= 15 is 0 Å². The summed E-state index contributed by atoms with van der Waals surface area (Å²) in [4.78, 5) is 2.15. The molecule has 88 valence electrons. The van der Waals surface area contributed by atoms with Crippen LogP contribution in [-0.4, -0.2) is 25.5 Å². The Morgan fingerprint density at radius 3 is 2.27 bits per heavy atom. The highest BCUT2D eigenvalue weighted by atomic mass is 35.5. The molecule has 2 N–H and O–H groups in total. The summed E-state index contributed by atoms with van der Waals surface area (Å²) in [7, 11) is 4.11. The van der Waals surface area contributed by atoms with E-state index in [0.29, 0.717) is 12.6 Å². The monoisotopic (exact) mass is 250 g/mol. The quantitative estimate of drug-likeness (QED) is 0.893. The molecule has 0 aromatic heterocycles. The van der Waals surface area contributed by atoms with Crippen molar-refractivity contribution >= 4 is 24.8 Å². The summed E-state index contributed by atoms with van der Waals surface area (Å²) in [5.74, 6) is 0. The maximum Gasteiger partial charge on any atom is 0.0464 e. The van der Waals surface area contributed by atoms with Gasteiger partial charge in [-0.05, 0) is 26.6 Å². The van der Waals surface area contributed by atoms with Crippen molar-refractivity contribution in [2.45, 2.75) is 13.0 Å². The van der Waals surface area contributed by atoms with Gasteiger partial charge in [0, 0.05) is 12.6 Å². The van der Waals surface area contributed by atoms with E-state index in [1.54, 1.807) is 0 Å². The smallest absolute Gasteiger partial charge is 0.0464 e. The Kier molecular flexibility index (Phi) is 9.07. The van der Waals surface area contributed by atoms with Gasteiger partial charge >= 0.3 is 0 Å². The molecule has 0 aliphatic heterocycles. The zero-order valence-electron chi connectivity index (χ0n) is 9.43. The molecule has 2 nitrogen and oxygen atoms in total. The van der Waals surface area contributed by atoms with Crippen molar-refractivity contribution in [2.75, 3.05) is 20.6 Å². The first kappa shape index (κ1) is 17.1. The second-order valence-corrected chi connectivity index (χ2v) is 3.63. The molecule has 0 heterocycles. The van der Waals surface area contributed by atoms with Gasteiger partial charge in [0.1, 0.15) is 0 Å². The number of hydrogen-bond acceptors (Lipinski definition) is 2. The average Bonchev–Trinajstić information content (AvgIpc) is 2.04. The number of halogens is 2. The van der Waals surface area contributed by atoms with Gasteiger partial charge in [0.25, 0.3) is 0 Å². The molecule has 1 atom stereocenters. The van der Waals surface area contributed by atoms with E-state index in [9.17, 15) is 0 Å². The minimum Gasteiger partial charge on any atom is -0.329 e. The van der Waals surface area contributed by atoms with Crippen LogP contribution in [0.25, 0.3) is 0 Å². The van der Waals surface area contributed by atoms with Gasteiger partial charge in [0.15, 0.2) is 0 Å². The SMILES string of the molecule is Cc1cccc(C(CN)N(C)C)c1.Cl.Cl. The average molecular weight is 251 g/mol. The number of benzene rings is 1. The number of rotatable bonds is 3. The summed E-state index contributed by atoms with van der Waals surface area (Å²) < 4.78 is 0. The molecule has 1 aromatic carbocycles. The third-order valence-corrected chi connectivity index (χ3v) is 2.27. The van der Waals surface area contributed by atoms with Crippen LogP contribution in [0.15, 0.2) is 24.3 Å². The van der Waals surface area contributed by atoms with Crippen LogP contribution in [0.3, 0.4) is 0 Å². The van der Waals surface area contributed by atoms with Crippen LogP contribution < -0.4 is 5.73 Å². The van der Waals surface area contributed by atoms with Crippen LogP contribution in [0.1, 0.15) is 17.2 Å². The first-order valence-corrected chi connectivity index (χ1v) is 4.58. The highest BCUT2D eigenvalue weighted by molar-refractivity contribution is 5.85. The molecule has 1 rings (SSSR count). The molecular formula is C11H20Cl2N2. The molecule has 0 radical (unpaired) electrons. The van der Waals surface area contributed by atoms with Crippen LogP contribution in [-0.2, 0) is 0 Å². The first-order chi connectivity index (χ1) is 6.15. The Hall–Kier alpha value is -0.280. The van der Waals surface area contributed by atoms with Crippen molar-refractivity contribution in [3.63, 3.8) is 0 Å². The van der Waals surface area contributed by atoms with E-state index in [1.165, 1.54) is 11.1 Å². The first-order valence-electron chi connectivity index (χ1n) is 4.58. The molecule has 15 heavy (non-hydrogen) atoms. The molecule has 0 saturated heterocycles. The van der Waals surface area contributed by atoms with Gasteiger partial charge < -0.3 is 10.6 Å². The summed E-state index contributed by atoms with van der Waals surface area (Å²) in [6.07, 6.45) is 0. The van der Waals surface area contributed by atoms with Gasteiger partial charge in [0.05, 0.1) is 0 Å². The van der Waals surface area contributed by atoms with Crippen LogP contribution in [0, 0.1) is 6.92 Å². The second kappa shape index (κ2) is 7.94. The Balaban J connectivity index is 0. The highest BCUT2D eigenvalue weighted by Crippen LogP contribution is 2.17. The summed E-state index contributed by atoms with van der Waals surface area (Å²) in [5.41, 5.74) is 8.30. The largest absolute Gasteiger partial charge is 0.329 e. The van der Waals surface area contributed by atoms with E-state index < -0.39 is 0 Å². The third-order valence-electron chi connectivity index (χ3n) is 2.27. The van der Waals surface area contributed by atoms with Gasteiger partial charge in [-0.2, -0.15) is 0 Å². The third kappa shape index (κ3) is 4.85. The number of likely N-dealkylation sites (N-methyl/N-ethyl adjacent to an activating group) is 1. The van der Waals surface area contributed by atoms with Crippen molar-refractivity contribution in [1.29, 1.82) is 0 Å². The fourth-order valence-electron chi connectivity index (χ4n) is 1.52. The van der Waals surface area contributed by atoms with Gasteiger partial charge in [0.2, 0.25) is 0 Å². The summed E-state index contributed by atoms with van der Waals surface area (Å²) in [6.45, 7) is 2.77. The van der Waals surface area contributed by atoms with E-state index in [1.807, 2.05) is 0 Å². The normalized spacial score (nSPS) is 11.5. The number of nitrogens with zero attached hydrogens (tertiary/aromatic N) is 1. The maximum atomic E-state index is 5.71. The van der Waals surface area contributed by atoms with Gasteiger partial charge in [-0.3, -0.25) is 0 Å². The maximum absolute atomic E-state index is 5.71. The molecule has 0 aliphatic rings. The van der Waals surface area contributed by atoms with Gasteiger partial charge in [-0.25, -0.2) is 0 Å². The standard InChI is InChI=1S/C11H18N2.2ClH/c1-9-5-4-6-10(7-9)11(8-12)13(2)3;;/h4-7,11H,8,12H2,1-3H3;2*1H. The lowest BCUT2D eigenvalue weighted by Crippen LogP contribution is -2.27. The van der Waals surface area contributed by atoms with E-state index in [2.05, 4.69) is 50.2 Å². The van der Waals surface area contributed by atoms with Crippen molar-refractivity contribution in [3.05, 3.63) is 35.4 Å². The van der Waals surface area contributed by atoms with Crippen LogP contribution in [0.4, 0.5) is 0 Å². The molecule has 0 amide bonds. The lowest BCUT2D eigenvalue weighted by atomic mass is 10.0. The fraction of sp³-hybridized carbons (Fsp3) is 0.455. The minimum atomic E-state index is 0. The van der Waals surface area contributed by atoms with Crippen LogP contribution >= 0.6 is 24.8 Å². The van der Waals surface area contributed by atoms with Gasteiger partial charge in [-0.1, -0.05) is 29.8 Å². The molecule has 0 spiro atoms. The number of nitrogens with two attached hydrogens (primary N) is 1. The van der Waals surface area contributed by atoms with E-state index in [0.717, 1.165) is 0 Å². The molecule has 0 saturated carbocycles. The van der Waals surface area contributed by atoms with Crippen molar-refractivity contribution < 1.29 is 0 Å². The van der Waals surface area contributed by atoms with Crippen molar-refractivity contribution in [3.8, 4) is 0 Å². The lowest BCUT2D eigenvalue weighted by Gasteiger charge is -2.23. The van der Waals surface area contributed by atoms with Crippen molar-refractivity contribution in [2.24, 2.45) is 5.73 Å². The minimum absolute atomic E-state index is 0. The molecule has 4 heteroatoms. The van der Waals surface area contributed by atoms with Crippen LogP contribution in [0.2, 0.25) is 0 Å². The Labute approximate surface area is 105 Å². The molecule has 0 aliphatic carbocycles. The van der Waals surface area contributed by atoms with Gasteiger partial charge in [-0.15, -0.1) is 24.8 Å². The predicted molar refractivity (Wildman–Crippen MR) is 71.2 cm³/mol. The second-order valence-electron chi connectivity index (χ2n) is 3.63. The Morgan fingerprint density at radius 1 is 1.27 bits per heavy atom. The van der Waals surface area contributed by atoms with Crippen molar-refractivity contribution in [1.82, 2.24) is 4.90 Å². The van der Waals surface area contributed by atoms with Crippen LogP contribution in [0.5, 0.6) is 0 Å². The summed E-state index contributed by atoms with van der Waals surface area (Å²) in [6, 6.07) is 8.84. The topological polar surface area (TPSA) is 29.3 Å². The summed E-state index contributed by atoms with van der Waals surface area (Å²) >= 11 is 0. The summed E-state index contributed by atoms with van der Waals surface area (Å²) in [5, 5.41) is 0. The molecular weight excluding hydrogens is 231 g/mol.